The van der Waals surface area contributed by atoms with E-state index in [1.54, 1.807) is 10.7 Å². The predicted molar refractivity (Wildman–Crippen MR) is 135 cm³/mol. The van der Waals surface area contributed by atoms with Crippen molar-refractivity contribution in [2.24, 2.45) is 0 Å². The van der Waals surface area contributed by atoms with Crippen LogP contribution in [-0.2, 0) is 11.8 Å². The van der Waals surface area contributed by atoms with E-state index in [0.29, 0.717) is 36.6 Å². The molecule has 1 aliphatic heterocycles. The number of hydrogen-bond donors (Lipinski definition) is 0. The van der Waals surface area contributed by atoms with Crippen molar-refractivity contribution in [1.82, 2.24) is 29.6 Å². The van der Waals surface area contributed by atoms with Crippen molar-refractivity contribution in [1.29, 1.82) is 0 Å². The molecule has 186 valence electrons. The highest BCUT2D eigenvalue weighted by atomic mass is 35.5. The Hall–Kier alpha value is -3.26. The third-order valence-electron chi connectivity index (χ3n) is 7.83. The SMILES string of the molecule is Cc1nc2c(C(=O)N3CCC(C)(c4noc(C5CC5)n4)CC3)cnn2c(C)c1Cc1ccccc1Cl. The monoisotopic (exact) mass is 504 g/mol. The smallest absolute Gasteiger partial charge is 0.259 e. The van der Waals surface area contributed by atoms with Crippen LogP contribution in [0, 0.1) is 13.8 Å². The number of hydrogen-bond acceptors (Lipinski definition) is 6. The largest absolute Gasteiger partial charge is 0.339 e. The van der Waals surface area contributed by atoms with E-state index in [4.69, 9.17) is 21.1 Å². The predicted octanol–water partition coefficient (Wildman–Crippen LogP) is 5.04. The number of benzene rings is 1. The second-order valence-corrected chi connectivity index (χ2v) is 10.8. The first kappa shape index (κ1) is 23.2. The fourth-order valence-electron chi connectivity index (χ4n) is 5.12. The van der Waals surface area contributed by atoms with Crippen molar-refractivity contribution in [3.63, 3.8) is 0 Å². The maximum absolute atomic E-state index is 13.5. The van der Waals surface area contributed by atoms with Gasteiger partial charge in [-0.3, -0.25) is 4.79 Å². The third kappa shape index (κ3) is 3.97. The van der Waals surface area contributed by atoms with Crippen LogP contribution in [0.2, 0.25) is 5.02 Å². The molecule has 1 aromatic carbocycles. The molecule has 1 amide bonds. The Morgan fingerprint density at radius 2 is 1.92 bits per heavy atom. The van der Waals surface area contributed by atoms with Gasteiger partial charge in [-0.2, -0.15) is 10.1 Å². The Bertz CT molecular complexity index is 1460. The van der Waals surface area contributed by atoms with Gasteiger partial charge in [-0.15, -0.1) is 0 Å². The topological polar surface area (TPSA) is 89.4 Å². The molecule has 1 aliphatic carbocycles. The van der Waals surface area contributed by atoms with Crippen LogP contribution in [0.15, 0.2) is 35.0 Å². The zero-order chi connectivity index (χ0) is 25.0. The second-order valence-electron chi connectivity index (χ2n) is 10.4. The van der Waals surface area contributed by atoms with Crippen molar-refractivity contribution in [3.05, 3.63) is 75.3 Å². The number of halogens is 1. The van der Waals surface area contributed by atoms with Crippen molar-refractivity contribution < 1.29 is 9.32 Å². The van der Waals surface area contributed by atoms with E-state index in [0.717, 1.165) is 64.9 Å². The average Bonchev–Trinajstić information content (AvgIpc) is 3.43. The molecule has 6 rings (SSSR count). The van der Waals surface area contributed by atoms with E-state index in [1.807, 2.05) is 43.0 Å². The Morgan fingerprint density at radius 1 is 1.17 bits per heavy atom. The number of rotatable bonds is 5. The lowest BCUT2D eigenvalue weighted by molar-refractivity contribution is 0.0671. The van der Waals surface area contributed by atoms with E-state index in [-0.39, 0.29) is 11.3 Å². The van der Waals surface area contributed by atoms with Gasteiger partial charge in [0.05, 0.1) is 6.20 Å². The summed E-state index contributed by atoms with van der Waals surface area (Å²) in [5.74, 6) is 1.94. The van der Waals surface area contributed by atoms with E-state index >= 15 is 0 Å². The van der Waals surface area contributed by atoms with Crippen LogP contribution in [-0.4, -0.2) is 48.6 Å². The molecule has 0 bridgehead atoms. The molecule has 3 aromatic heterocycles. The number of likely N-dealkylation sites (tertiary alicyclic amines) is 1. The summed E-state index contributed by atoms with van der Waals surface area (Å²) >= 11 is 6.40. The molecule has 1 saturated heterocycles. The summed E-state index contributed by atoms with van der Waals surface area (Å²) in [5, 5.41) is 9.55. The van der Waals surface area contributed by atoms with Crippen LogP contribution < -0.4 is 0 Å². The normalized spacial score (nSPS) is 17.6. The lowest BCUT2D eigenvalue weighted by Gasteiger charge is -2.37. The molecule has 2 fully saturated rings. The van der Waals surface area contributed by atoms with Gasteiger partial charge in [0.2, 0.25) is 5.89 Å². The first-order valence-corrected chi connectivity index (χ1v) is 12.9. The molecule has 4 heterocycles. The highest BCUT2D eigenvalue weighted by Crippen LogP contribution is 2.41. The Labute approximate surface area is 214 Å². The fourth-order valence-corrected chi connectivity index (χ4v) is 5.33. The van der Waals surface area contributed by atoms with Crippen molar-refractivity contribution >= 4 is 23.2 Å². The molecule has 0 N–H and O–H groups in total. The molecular formula is C27H29ClN6O2. The summed E-state index contributed by atoms with van der Waals surface area (Å²) in [6.45, 7) is 7.42. The van der Waals surface area contributed by atoms with Gasteiger partial charge in [0.15, 0.2) is 11.5 Å². The van der Waals surface area contributed by atoms with Crippen LogP contribution in [0.25, 0.3) is 5.65 Å². The van der Waals surface area contributed by atoms with Gasteiger partial charge >= 0.3 is 0 Å². The van der Waals surface area contributed by atoms with Gasteiger partial charge in [0.1, 0.15) is 5.56 Å². The molecule has 2 aliphatic rings. The van der Waals surface area contributed by atoms with Gasteiger partial charge in [0.25, 0.3) is 5.91 Å². The van der Waals surface area contributed by atoms with E-state index in [9.17, 15) is 4.79 Å². The van der Waals surface area contributed by atoms with Crippen LogP contribution >= 0.6 is 11.6 Å². The quantitative estimate of drug-likeness (QED) is 0.378. The first-order valence-electron chi connectivity index (χ1n) is 12.5. The summed E-state index contributed by atoms with van der Waals surface area (Å²) < 4.78 is 7.27. The van der Waals surface area contributed by atoms with E-state index in [2.05, 4.69) is 22.2 Å². The summed E-state index contributed by atoms with van der Waals surface area (Å²) in [7, 11) is 0. The molecule has 0 spiro atoms. The van der Waals surface area contributed by atoms with Gasteiger partial charge < -0.3 is 9.42 Å². The van der Waals surface area contributed by atoms with Crippen LogP contribution in [0.5, 0.6) is 0 Å². The van der Waals surface area contributed by atoms with E-state index < -0.39 is 0 Å². The van der Waals surface area contributed by atoms with Crippen molar-refractivity contribution in [3.8, 4) is 0 Å². The fraction of sp³-hybridized carbons (Fsp3) is 0.444. The summed E-state index contributed by atoms with van der Waals surface area (Å²) in [6, 6.07) is 7.83. The third-order valence-corrected chi connectivity index (χ3v) is 8.20. The van der Waals surface area contributed by atoms with Crippen molar-refractivity contribution in [2.75, 3.05) is 13.1 Å². The zero-order valence-corrected chi connectivity index (χ0v) is 21.5. The number of aromatic nitrogens is 5. The van der Waals surface area contributed by atoms with Crippen LogP contribution in [0.4, 0.5) is 0 Å². The highest BCUT2D eigenvalue weighted by Gasteiger charge is 2.39. The Balaban J connectivity index is 1.22. The molecule has 0 atom stereocenters. The number of carbonyl (C=O) groups is 1. The van der Waals surface area contributed by atoms with Gasteiger partial charge in [0, 0.05) is 47.3 Å². The standard InChI is InChI=1S/C27H29ClN6O2/c1-16-20(14-19-6-4-5-7-22(19)28)17(2)34-23(30-16)21(15-29-34)25(35)33-12-10-27(3,11-13-33)26-31-24(36-32-26)18-8-9-18/h4-7,15,18H,8-14H2,1-3H3. The summed E-state index contributed by atoms with van der Waals surface area (Å²) in [6.07, 6.45) is 6.14. The number of carbonyl (C=O) groups excluding carboxylic acids is 1. The van der Waals surface area contributed by atoms with Crippen LogP contribution in [0.3, 0.4) is 0 Å². The number of nitrogens with zero attached hydrogens (tertiary/aromatic N) is 6. The molecule has 8 nitrogen and oxygen atoms in total. The van der Waals surface area contributed by atoms with Crippen LogP contribution in [0.1, 0.15) is 83.1 Å². The van der Waals surface area contributed by atoms with E-state index in [1.165, 1.54) is 0 Å². The molecule has 0 unspecified atom stereocenters. The minimum absolute atomic E-state index is 0.0380. The summed E-state index contributed by atoms with van der Waals surface area (Å²) in [4.78, 5) is 24.9. The average molecular weight is 505 g/mol. The molecule has 4 aromatic rings. The minimum atomic E-state index is -0.187. The Morgan fingerprint density at radius 3 is 2.64 bits per heavy atom. The molecule has 1 saturated carbocycles. The zero-order valence-electron chi connectivity index (χ0n) is 20.8. The lowest BCUT2D eigenvalue weighted by Crippen LogP contribution is -2.44. The lowest BCUT2D eigenvalue weighted by atomic mass is 9.79. The maximum atomic E-state index is 13.5. The number of aryl methyl sites for hydroxylation is 2. The summed E-state index contributed by atoms with van der Waals surface area (Å²) in [5.41, 5.74) is 4.89. The maximum Gasteiger partial charge on any atom is 0.259 e. The second kappa shape index (κ2) is 8.69. The van der Waals surface area contributed by atoms with Gasteiger partial charge in [-0.1, -0.05) is 41.9 Å². The highest BCUT2D eigenvalue weighted by molar-refractivity contribution is 6.31. The number of fused-ring (bicyclic) bond motifs is 1. The number of amides is 1. The van der Waals surface area contributed by atoms with Gasteiger partial charge in [-0.25, -0.2) is 9.50 Å². The number of piperidine rings is 1. The Kier molecular flexibility index (Phi) is 5.59. The molecule has 9 heteroatoms. The molecule has 0 radical (unpaired) electrons. The molecular weight excluding hydrogens is 476 g/mol. The first-order chi connectivity index (χ1) is 17.3. The van der Waals surface area contributed by atoms with Crippen molar-refractivity contribution in [2.45, 2.75) is 64.2 Å². The minimum Gasteiger partial charge on any atom is -0.339 e. The van der Waals surface area contributed by atoms with Gasteiger partial charge in [-0.05, 0) is 56.7 Å². The molecule has 36 heavy (non-hydrogen) atoms.